The molecule has 6 heteroatoms. The lowest BCUT2D eigenvalue weighted by Crippen LogP contribution is -2.29. The maximum atomic E-state index is 13.4. The molecule has 0 radical (unpaired) electrons. The standard InChI is InChI=1S/C16H13BrFNO3/c17-12-6-11-14(9-21-15(11)7-13(12)18)19-16(20)22-8-10-4-2-1-3-5-10/h1-7,14H,8-9H2,(H,19,20). The van der Waals surface area contributed by atoms with Gasteiger partial charge in [0.05, 0.1) is 10.5 Å². The quantitative estimate of drug-likeness (QED) is 0.895. The monoisotopic (exact) mass is 365 g/mol. The van der Waals surface area contributed by atoms with Gasteiger partial charge in [0.25, 0.3) is 0 Å². The van der Waals surface area contributed by atoms with Gasteiger partial charge >= 0.3 is 6.09 Å². The molecular formula is C16H13BrFNO3. The van der Waals surface area contributed by atoms with Crippen molar-refractivity contribution in [1.82, 2.24) is 5.32 Å². The predicted octanol–water partition coefficient (Wildman–Crippen LogP) is 3.95. The highest BCUT2D eigenvalue weighted by Gasteiger charge is 2.27. The summed E-state index contributed by atoms with van der Waals surface area (Å²) in [5.41, 5.74) is 1.63. The van der Waals surface area contributed by atoms with E-state index in [2.05, 4.69) is 21.2 Å². The fourth-order valence-electron chi connectivity index (χ4n) is 2.23. The Bertz CT molecular complexity index is 693. The van der Waals surface area contributed by atoms with Crippen molar-refractivity contribution in [3.8, 4) is 5.75 Å². The van der Waals surface area contributed by atoms with E-state index >= 15 is 0 Å². The number of ether oxygens (including phenoxy) is 2. The summed E-state index contributed by atoms with van der Waals surface area (Å²) in [6.07, 6.45) is -0.536. The van der Waals surface area contributed by atoms with E-state index in [1.165, 1.54) is 6.07 Å². The van der Waals surface area contributed by atoms with Crippen LogP contribution in [0, 0.1) is 5.82 Å². The molecule has 114 valence electrons. The lowest BCUT2D eigenvalue weighted by atomic mass is 10.1. The molecule has 1 atom stereocenters. The number of rotatable bonds is 3. The third-order valence-electron chi connectivity index (χ3n) is 3.34. The van der Waals surface area contributed by atoms with Crippen LogP contribution in [-0.2, 0) is 11.3 Å². The maximum absolute atomic E-state index is 13.4. The Labute approximate surface area is 135 Å². The third-order valence-corrected chi connectivity index (χ3v) is 3.95. The van der Waals surface area contributed by atoms with Gasteiger partial charge < -0.3 is 14.8 Å². The molecule has 1 heterocycles. The van der Waals surface area contributed by atoms with E-state index in [0.717, 1.165) is 11.1 Å². The van der Waals surface area contributed by atoms with E-state index in [-0.39, 0.29) is 19.3 Å². The molecule has 1 amide bonds. The van der Waals surface area contributed by atoms with E-state index in [0.29, 0.717) is 10.2 Å². The molecule has 1 unspecified atom stereocenters. The Morgan fingerprint density at radius 1 is 1.36 bits per heavy atom. The number of hydrogen-bond donors (Lipinski definition) is 1. The first-order chi connectivity index (χ1) is 10.6. The molecule has 0 spiro atoms. The Hall–Kier alpha value is -2.08. The lowest BCUT2D eigenvalue weighted by molar-refractivity contribution is 0.133. The summed E-state index contributed by atoms with van der Waals surface area (Å²) in [5.74, 6) is 0.0418. The van der Waals surface area contributed by atoms with Crippen LogP contribution in [0.3, 0.4) is 0 Å². The fraction of sp³-hybridized carbons (Fsp3) is 0.188. The molecule has 1 aliphatic heterocycles. The molecule has 2 aromatic rings. The number of carbonyl (C=O) groups is 1. The van der Waals surface area contributed by atoms with Gasteiger partial charge in [0.15, 0.2) is 0 Å². The topological polar surface area (TPSA) is 47.6 Å². The van der Waals surface area contributed by atoms with Crippen LogP contribution in [0.15, 0.2) is 46.9 Å². The second kappa shape index (κ2) is 6.36. The van der Waals surface area contributed by atoms with Crippen molar-refractivity contribution in [2.75, 3.05) is 6.61 Å². The van der Waals surface area contributed by atoms with Crippen molar-refractivity contribution in [3.05, 3.63) is 63.9 Å². The fourth-order valence-corrected chi connectivity index (χ4v) is 2.59. The number of fused-ring (bicyclic) bond motifs is 1. The highest BCUT2D eigenvalue weighted by atomic mass is 79.9. The molecule has 3 rings (SSSR count). The summed E-state index contributed by atoms with van der Waals surface area (Å²) in [5, 5.41) is 2.72. The number of halogens is 2. The summed E-state index contributed by atoms with van der Waals surface area (Å²) in [6.45, 7) is 0.450. The zero-order chi connectivity index (χ0) is 15.5. The van der Waals surface area contributed by atoms with Crippen LogP contribution in [0.5, 0.6) is 5.75 Å². The molecule has 0 aliphatic carbocycles. The van der Waals surface area contributed by atoms with Gasteiger partial charge in [-0.15, -0.1) is 0 Å². The van der Waals surface area contributed by atoms with Gasteiger partial charge in [-0.3, -0.25) is 0 Å². The van der Waals surface area contributed by atoms with E-state index in [1.54, 1.807) is 6.07 Å². The Balaban J connectivity index is 1.61. The number of hydrogen-bond acceptors (Lipinski definition) is 3. The molecule has 0 bridgehead atoms. The van der Waals surface area contributed by atoms with E-state index < -0.39 is 11.9 Å². The Morgan fingerprint density at radius 3 is 2.91 bits per heavy atom. The van der Waals surface area contributed by atoms with Crippen molar-refractivity contribution in [2.24, 2.45) is 0 Å². The third kappa shape index (κ3) is 3.22. The lowest BCUT2D eigenvalue weighted by Gasteiger charge is -2.12. The highest BCUT2D eigenvalue weighted by molar-refractivity contribution is 9.10. The zero-order valence-corrected chi connectivity index (χ0v) is 13.1. The first-order valence-corrected chi connectivity index (χ1v) is 7.52. The van der Waals surface area contributed by atoms with Crippen LogP contribution in [0.1, 0.15) is 17.2 Å². The molecule has 0 saturated carbocycles. The van der Waals surface area contributed by atoms with Gasteiger partial charge in [-0.25, -0.2) is 9.18 Å². The number of alkyl carbamates (subject to hydrolysis) is 1. The van der Waals surface area contributed by atoms with E-state index in [4.69, 9.17) is 9.47 Å². The molecule has 1 aliphatic rings. The van der Waals surface area contributed by atoms with Crippen molar-refractivity contribution in [2.45, 2.75) is 12.6 Å². The van der Waals surface area contributed by atoms with E-state index in [9.17, 15) is 9.18 Å². The van der Waals surface area contributed by atoms with Crippen molar-refractivity contribution >= 4 is 22.0 Å². The van der Waals surface area contributed by atoms with Gasteiger partial charge in [0, 0.05) is 11.6 Å². The zero-order valence-electron chi connectivity index (χ0n) is 11.5. The first kappa shape index (κ1) is 14.8. The van der Waals surface area contributed by atoms with Gasteiger partial charge in [0.1, 0.15) is 24.8 Å². The highest BCUT2D eigenvalue weighted by Crippen LogP contribution is 2.36. The molecule has 0 aromatic heterocycles. The van der Waals surface area contributed by atoms with Crippen LogP contribution in [-0.4, -0.2) is 12.7 Å². The maximum Gasteiger partial charge on any atom is 0.408 e. The molecule has 0 saturated heterocycles. The minimum absolute atomic E-state index is 0.195. The smallest absolute Gasteiger partial charge is 0.408 e. The largest absolute Gasteiger partial charge is 0.491 e. The average Bonchev–Trinajstić information content (AvgIpc) is 2.89. The molecule has 2 aromatic carbocycles. The number of carbonyl (C=O) groups excluding carboxylic acids is 1. The molecule has 4 nitrogen and oxygen atoms in total. The van der Waals surface area contributed by atoms with Crippen LogP contribution >= 0.6 is 15.9 Å². The summed E-state index contributed by atoms with van der Waals surface area (Å²) in [4.78, 5) is 11.9. The molecule has 0 fully saturated rings. The van der Waals surface area contributed by atoms with Crippen molar-refractivity contribution in [3.63, 3.8) is 0 Å². The van der Waals surface area contributed by atoms with Crippen LogP contribution < -0.4 is 10.1 Å². The SMILES string of the molecule is O=C(NC1COc2cc(F)c(Br)cc21)OCc1ccccc1. The van der Waals surface area contributed by atoms with Gasteiger partial charge in [-0.2, -0.15) is 0 Å². The van der Waals surface area contributed by atoms with Crippen molar-refractivity contribution in [1.29, 1.82) is 0 Å². The minimum atomic E-state index is -0.536. The normalized spacial score (nSPS) is 15.8. The second-order valence-corrected chi connectivity index (χ2v) is 5.73. The van der Waals surface area contributed by atoms with Crippen molar-refractivity contribution < 1.29 is 18.7 Å². The number of nitrogens with one attached hydrogen (secondary N) is 1. The molecule has 22 heavy (non-hydrogen) atoms. The minimum Gasteiger partial charge on any atom is -0.491 e. The predicted molar refractivity (Wildman–Crippen MR) is 82.1 cm³/mol. The molecule has 1 N–H and O–H groups in total. The van der Waals surface area contributed by atoms with Gasteiger partial charge in [-0.05, 0) is 27.6 Å². The summed E-state index contributed by atoms with van der Waals surface area (Å²) >= 11 is 3.13. The van der Waals surface area contributed by atoms with Gasteiger partial charge in [0.2, 0.25) is 0 Å². The van der Waals surface area contributed by atoms with Crippen LogP contribution in [0.25, 0.3) is 0 Å². The van der Waals surface area contributed by atoms with Crippen LogP contribution in [0.4, 0.5) is 9.18 Å². The van der Waals surface area contributed by atoms with Gasteiger partial charge in [-0.1, -0.05) is 30.3 Å². The van der Waals surface area contributed by atoms with Crippen LogP contribution in [0.2, 0.25) is 0 Å². The summed E-state index contributed by atoms with van der Waals surface area (Å²) in [6, 6.07) is 12.0. The first-order valence-electron chi connectivity index (χ1n) is 6.72. The molecular weight excluding hydrogens is 353 g/mol. The second-order valence-electron chi connectivity index (χ2n) is 4.87. The number of benzene rings is 2. The summed E-state index contributed by atoms with van der Waals surface area (Å²) in [7, 11) is 0. The average molecular weight is 366 g/mol. The summed E-state index contributed by atoms with van der Waals surface area (Å²) < 4.78 is 24.3. The Kier molecular flexibility index (Phi) is 4.29. The van der Waals surface area contributed by atoms with E-state index in [1.807, 2.05) is 30.3 Å². The Morgan fingerprint density at radius 2 is 2.14 bits per heavy atom. The number of amides is 1.